The zero-order chi connectivity index (χ0) is 21.8. The Balaban J connectivity index is 1.91. The lowest BCUT2D eigenvalue weighted by atomic mass is 10.2. The van der Waals surface area contributed by atoms with Gasteiger partial charge in [0.1, 0.15) is 0 Å². The van der Waals surface area contributed by atoms with E-state index in [0.717, 1.165) is 11.3 Å². The Bertz CT molecular complexity index is 844. The summed E-state index contributed by atoms with van der Waals surface area (Å²) in [7, 11) is 3.09. The van der Waals surface area contributed by atoms with Gasteiger partial charge >= 0.3 is 0 Å². The molecule has 0 atom stereocenters. The fourth-order valence-electron chi connectivity index (χ4n) is 2.65. The van der Waals surface area contributed by atoms with Crippen molar-refractivity contribution in [3.8, 4) is 11.5 Å². The summed E-state index contributed by atoms with van der Waals surface area (Å²) in [4.78, 5) is 25.6. The molecule has 8 heteroatoms. The molecule has 0 fully saturated rings. The smallest absolute Gasteiger partial charge is 0.252 e. The van der Waals surface area contributed by atoms with E-state index in [9.17, 15) is 9.59 Å². The molecular formula is C22H28N2O5S. The standard InChI is InChI=1S/C22H28N2O5S/c1-4-29-13-7-12-23-22(26)17-8-5-6-9-20(17)30-15-21(25)24-16-10-11-18(27-2)19(14-16)28-3/h5-6,8-11,14H,4,7,12-13,15H2,1-3H3,(H,23,26)(H,24,25). The van der Waals surface area contributed by atoms with Crippen molar-refractivity contribution in [1.29, 1.82) is 0 Å². The second-order valence-electron chi connectivity index (χ2n) is 6.21. The number of rotatable bonds is 12. The maximum Gasteiger partial charge on any atom is 0.252 e. The first-order chi connectivity index (χ1) is 14.6. The van der Waals surface area contributed by atoms with E-state index in [0.29, 0.717) is 42.5 Å². The first kappa shape index (κ1) is 23.6. The molecule has 7 nitrogen and oxygen atoms in total. The van der Waals surface area contributed by atoms with Crippen LogP contribution in [0.3, 0.4) is 0 Å². The molecule has 2 rings (SSSR count). The van der Waals surface area contributed by atoms with Crippen LogP contribution in [0, 0.1) is 0 Å². The first-order valence-electron chi connectivity index (χ1n) is 9.68. The number of hydrogen-bond donors (Lipinski definition) is 2. The zero-order valence-corrected chi connectivity index (χ0v) is 18.3. The van der Waals surface area contributed by atoms with E-state index < -0.39 is 0 Å². The molecule has 0 aliphatic heterocycles. The average molecular weight is 433 g/mol. The van der Waals surface area contributed by atoms with Crippen LogP contribution in [0.2, 0.25) is 0 Å². The van der Waals surface area contributed by atoms with Crippen LogP contribution < -0.4 is 20.1 Å². The Morgan fingerprint density at radius 3 is 2.53 bits per heavy atom. The molecule has 0 bridgehead atoms. The lowest BCUT2D eigenvalue weighted by Gasteiger charge is -2.12. The van der Waals surface area contributed by atoms with Crippen molar-refractivity contribution in [2.75, 3.05) is 45.0 Å². The van der Waals surface area contributed by atoms with Gasteiger partial charge in [-0.1, -0.05) is 12.1 Å². The van der Waals surface area contributed by atoms with Crippen molar-refractivity contribution in [3.05, 3.63) is 48.0 Å². The molecule has 30 heavy (non-hydrogen) atoms. The molecule has 0 aromatic heterocycles. The number of thioether (sulfide) groups is 1. The van der Waals surface area contributed by atoms with E-state index in [-0.39, 0.29) is 17.6 Å². The Kier molecular flexibility index (Phi) is 10.0. The van der Waals surface area contributed by atoms with Crippen LogP contribution in [0.25, 0.3) is 0 Å². The summed E-state index contributed by atoms with van der Waals surface area (Å²) in [5.41, 5.74) is 1.16. The monoisotopic (exact) mass is 432 g/mol. The van der Waals surface area contributed by atoms with E-state index >= 15 is 0 Å². The fraction of sp³-hybridized carbons (Fsp3) is 0.364. The van der Waals surface area contributed by atoms with Crippen LogP contribution >= 0.6 is 11.8 Å². The van der Waals surface area contributed by atoms with E-state index in [1.165, 1.54) is 18.9 Å². The van der Waals surface area contributed by atoms with Crippen molar-refractivity contribution in [2.24, 2.45) is 0 Å². The molecule has 0 radical (unpaired) electrons. The molecule has 2 aromatic carbocycles. The van der Waals surface area contributed by atoms with E-state index in [1.807, 2.05) is 25.1 Å². The van der Waals surface area contributed by atoms with Crippen molar-refractivity contribution in [2.45, 2.75) is 18.2 Å². The zero-order valence-electron chi connectivity index (χ0n) is 17.5. The second kappa shape index (κ2) is 12.8. The maximum atomic E-state index is 12.5. The number of hydrogen-bond acceptors (Lipinski definition) is 6. The summed E-state index contributed by atoms with van der Waals surface area (Å²) in [6.45, 7) is 3.76. The quantitative estimate of drug-likeness (QED) is 0.394. The number of amides is 2. The summed E-state index contributed by atoms with van der Waals surface area (Å²) in [5.74, 6) is 0.956. The topological polar surface area (TPSA) is 85.9 Å². The van der Waals surface area contributed by atoms with E-state index in [4.69, 9.17) is 14.2 Å². The Labute approximate surface area is 181 Å². The highest BCUT2D eigenvalue weighted by Gasteiger charge is 2.13. The Morgan fingerprint density at radius 1 is 1.03 bits per heavy atom. The highest BCUT2D eigenvalue weighted by molar-refractivity contribution is 8.00. The minimum absolute atomic E-state index is 0.158. The molecule has 162 valence electrons. The predicted molar refractivity (Wildman–Crippen MR) is 119 cm³/mol. The van der Waals surface area contributed by atoms with Gasteiger partial charge in [-0.2, -0.15) is 0 Å². The van der Waals surface area contributed by atoms with Crippen LogP contribution in [0.5, 0.6) is 11.5 Å². The van der Waals surface area contributed by atoms with Gasteiger partial charge in [0.2, 0.25) is 5.91 Å². The van der Waals surface area contributed by atoms with Crippen LogP contribution in [-0.2, 0) is 9.53 Å². The highest BCUT2D eigenvalue weighted by Crippen LogP contribution is 2.30. The lowest BCUT2D eigenvalue weighted by Crippen LogP contribution is -2.26. The molecule has 0 aliphatic carbocycles. The maximum absolute atomic E-state index is 12.5. The number of benzene rings is 2. The minimum atomic E-state index is -0.181. The number of carbonyl (C=O) groups excluding carboxylic acids is 2. The van der Waals surface area contributed by atoms with Crippen LogP contribution in [0.1, 0.15) is 23.7 Å². The molecule has 2 aromatic rings. The largest absolute Gasteiger partial charge is 0.493 e. The number of carbonyl (C=O) groups is 2. The third kappa shape index (κ3) is 7.27. The summed E-state index contributed by atoms with van der Waals surface area (Å²) in [5, 5.41) is 5.72. The molecule has 0 saturated heterocycles. The highest BCUT2D eigenvalue weighted by atomic mass is 32.2. The third-order valence-corrected chi connectivity index (χ3v) is 5.19. The van der Waals surface area contributed by atoms with Crippen molar-refractivity contribution >= 4 is 29.3 Å². The van der Waals surface area contributed by atoms with Crippen molar-refractivity contribution in [3.63, 3.8) is 0 Å². The average Bonchev–Trinajstić information content (AvgIpc) is 2.77. The number of ether oxygens (including phenoxy) is 3. The van der Waals surface area contributed by atoms with Gasteiger partial charge in [-0.3, -0.25) is 9.59 Å². The third-order valence-electron chi connectivity index (χ3n) is 4.11. The number of methoxy groups -OCH3 is 2. The van der Waals surface area contributed by atoms with Gasteiger partial charge in [0.05, 0.1) is 25.5 Å². The first-order valence-corrected chi connectivity index (χ1v) is 10.7. The van der Waals surface area contributed by atoms with Gasteiger partial charge in [0, 0.05) is 36.4 Å². The molecule has 0 unspecified atom stereocenters. The molecule has 0 heterocycles. The summed E-state index contributed by atoms with van der Waals surface area (Å²) >= 11 is 1.31. The molecule has 2 N–H and O–H groups in total. The van der Waals surface area contributed by atoms with Crippen LogP contribution in [-0.4, -0.2) is 51.5 Å². The predicted octanol–water partition coefficient (Wildman–Crippen LogP) is 3.59. The molecular weight excluding hydrogens is 404 g/mol. The fourth-order valence-corrected chi connectivity index (χ4v) is 3.50. The summed E-state index contributed by atoms with van der Waals surface area (Å²) < 4.78 is 15.7. The van der Waals surface area contributed by atoms with Gasteiger partial charge in [-0.15, -0.1) is 11.8 Å². The van der Waals surface area contributed by atoms with Crippen LogP contribution in [0.4, 0.5) is 5.69 Å². The van der Waals surface area contributed by atoms with Crippen molar-refractivity contribution < 1.29 is 23.8 Å². The Hall–Kier alpha value is -2.71. The molecule has 0 spiro atoms. The normalized spacial score (nSPS) is 10.4. The van der Waals surface area contributed by atoms with Gasteiger partial charge in [0.15, 0.2) is 11.5 Å². The number of nitrogens with one attached hydrogen (secondary N) is 2. The van der Waals surface area contributed by atoms with Crippen LogP contribution in [0.15, 0.2) is 47.4 Å². The minimum Gasteiger partial charge on any atom is -0.493 e. The number of anilines is 1. The van der Waals surface area contributed by atoms with Gasteiger partial charge in [-0.05, 0) is 37.6 Å². The van der Waals surface area contributed by atoms with Crippen molar-refractivity contribution in [1.82, 2.24) is 5.32 Å². The van der Waals surface area contributed by atoms with Gasteiger partial charge in [0.25, 0.3) is 5.91 Å². The Morgan fingerprint density at radius 2 is 1.80 bits per heavy atom. The van der Waals surface area contributed by atoms with E-state index in [2.05, 4.69) is 10.6 Å². The summed E-state index contributed by atoms with van der Waals surface area (Å²) in [6, 6.07) is 12.4. The SMILES string of the molecule is CCOCCCNC(=O)c1ccccc1SCC(=O)Nc1ccc(OC)c(OC)c1. The van der Waals surface area contributed by atoms with E-state index in [1.54, 1.807) is 31.4 Å². The lowest BCUT2D eigenvalue weighted by molar-refractivity contribution is -0.113. The van der Waals surface area contributed by atoms with Gasteiger partial charge in [-0.25, -0.2) is 0 Å². The molecule has 0 saturated carbocycles. The second-order valence-corrected chi connectivity index (χ2v) is 7.23. The van der Waals surface area contributed by atoms with Gasteiger partial charge < -0.3 is 24.8 Å². The molecule has 2 amide bonds. The molecule has 0 aliphatic rings. The summed E-state index contributed by atoms with van der Waals surface area (Å²) in [6.07, 6.45) is 0.753.